The molecule has 5 heteroatoms. The van der Waals surface area contributed by atoms with Gasteiger partial charge in [0, 0.05) is 0 Å². The van der Waals surface area contributed by atoms with Gasteiger partial charge in [0.2, 0.25) is 0 Å². The molecule has 0 spiro atoms. The summed E-state index contributed by atoms with van der Waals surface area (Å²) in [5.41, 5.74) is 15.1. The van der Waals surface area contributed by atoms with Gasteiger partial charge in [0.25, 0.3) is 0 Å². The van der Waals surface area contributed by atoms with E-state index >= 15 is 0 Å². The van der Waals surface area contributed by atoms with Gasteiger partial charge < -0.3 is 24.8 Å². The van der Waals surface area contributed by atoms with Crippen LogP contribution in [0.15, 0.2) is 96.1 Å². The van der Waals surface area contributed by atoms with Gasteiger partial charge in [0.05, 0.1) is 0 Å². The van der Waals surface area contributed by atoms with E-state index in [1.54, 1.807) is 36.5 Å². The molecule has 2 aliphatic carbocycles. The fraction of sp³-hybridized carbons (Fsp3) is 0.349. The van der Waals surface area contributed by atoms with Crippen LogP contribution < -0.4 is 34.3 Å². The third-order valence-corrected chi connectivity index (χ3v) is 26.5. The number of methoxy groups -OCH3 is 2. The minimum Gasteiger partial charge on any atom is -1.00 e. The first-order chi connectivity index (χ1) is 22.6. The number of hydrogen-bond donors (Lipinski definition) is 0. The van der Waals surface area contributed by atoms with Gasteiger partial charge in [0.1, 0.15) is 0 Å². The average molecular weight is 759 g/mol. The second-order valence-electron chi connectivity index (χ2n) is 13.7. The first-order valence-electron chi connectivity index (χ1n) is 17.6. The molecule has 2 nitrogen and oxygen atoms in total. The second-order valence-corrected chi connectivity index (χ2v) is 25.0. The SMILES string of the molecule is CCCCC1=Cc2c(-c3ccc(OC)cc3)cccc2[CH]1[Zr+2]1([CH]2C(CCCC)=Cc3c(-c4ccc(OC)cc4)cccc32)[CH2]C[CH2]1.[Cl-].[Cl-]. The monoisotopic (exact) mass is 756 g/mol. The Bertz CT molecular complexity index is 1640. The summed E-state index contributed by atoms with van der Waals surface area (Å²) in [6.45, 7) is 4.70. The average Bonchev–Trinajstić information content (AvgIpc) is 3.65. The fourth-order valence-electron chi connectivity index (χ4n) is 8.85. The maximum atomic E-state index is 5.50. The van der Waals surface area contributed by atoms with Crippen LogP contribution in [0.3, 0.4) is 0 Å². The number of fused-ring (bicyclic) bond motifs is 2. The van der Waals surface area contributed by atoms with Crippen LogP contribution in [-0.2, 0) is 20.3 Å². The number of ether oxygens (including phenoxy) is 2. The van der Waals surface area contributed by atoms with Crippen LogP contribution in [0, 0.1) is 0 Å². The van der Waals surface area contributed by atoms with Crippen molar-refractivity contribution in [2.75, 3.05) is 14.2 Å². The molecule has 7 rings (SSSR count). The van der Waals surface area contributed by atoms with E-state index < -0.39 is 20.3 Å². The number of halogens is 2. The van der Waals surface area contributed by atoms with Crippen molar-refractivity contribution in [2.45, 2.75) is 74.3 Å². The molecule has 1 aliphatic heterocycles. The van der Waals surface area contributed by atoms with E-state index in [-0.39, 0.29) is 24.8 Å². The van der Waals surface area contributed by atoms with Crippen LogP contribution in [0.2, 0.25) is 8.26 Å². The maximum Gasteiger partial charge on any atom is -1.00 e. The summed E-state index contributed by atoms with van der Waals surface area (Å²) in [4.78, 5) is 0. The Morgan fingerprint density at radius 2 is 1.00 bits per heavy atom. The van der Waals surface area contributed by atoms with E-state index in [0.29, 0.717) is 7.25 Å². The molecule has 0 bridgehead atoms. The normalized spacial score (nSPS) is 17.7. The first-order valence-corrected chi connectivity index (χ1v) is 23.9. The zero-order valence-electron chi connectivity index (χ0n) is 28.8. The van der Waals surface area contributed by atoms with Crippen molar-refractivity contribution in [3.05, 3.63) is 118 Å². The molecule has 3 aliphatic rings. The summed E-state index contributed by atoms with van der Waals surface area (Å²) in [7, 11) is 3.50. The van der Waals surface area contributed by atoms with Crippen LogP contribution in [0.5, 0.6) is 11.5 Å². The van der Waals surface area contributed by atoms with Crippen molar-refractivity contribution in [2.24, 2.45) is 0 Å². The number of hydrogen-bond acceptors (Lipinski definition) is 2. The zero-order valence-corrected chi connectivity index (χ0v) is 32.8. The van der Waals surface area contributed by atoms with Gasteiger partial charge in [-0.15, -0.1) is 0 Å². The van der Waals surface area contributed by atoms with Crippen LogP contribution in [0.4, 0.5) is 0 Å². The predicted molar refractivity (Wildman–Crippen MR) is 192 cm³/mol. The summed E-state index contributed by atoms with van der Waals surface area (Å²) in [5, 5.41) is 0. The number of rotatable bonds is 12. The molecular formula is C43H48Cl2O2Zr. The van der Waals surface area contributed by atoms with Gasteiger partial charge in [-0.1, -0.05) is 0 Å². The first kappa shape index (κ1) is 36.7. The summed E-state index contributed by atoms with van der Waals surface area (Å²) in [6, 6.07) is 31.8. The van der Waals surface area contributed by atoms with Gasteiger partial charge in [-0.3, -0.25) is 0 Å². The quantitative estimate of drug-likeness (QED) is 0.167. The second kappa shape index (κ2) is 16.0. The Labute approximate surface area is 305 Å². The minimum atomic E-state index is -2.91. The van der Waals surface area contributed by atoms with E-state index in [1.807, 2.05) is 0 Å². The molecule has 4 aromatic carbocycles. The van der Waals surface area contributed by atoms with Crippen LogP contribution in [0.25, 0.3) is 34.4 Å². The summed E-state index contributed by atoms with van der Waals surface area (Å²) >= 11 is -2.91. The Balaban J connectivity index is 0.00000225. The molecule has 2 unspecified atom stereocenters. The fourth-order valence-corrected chi connectivity index (χ4v) is 24.4. The smallest absolute Gasteiger partial charge is 1.00 e. The third-order valence-electron chi connectivity index (χ3n) is 11.2. The Morgan fingerprint density at radius 1 is 0.583 bits per heavy atom. The third kappa shape index (κ3) is 6.53. The van der Waals surface area contributed by atoms with Crippen molar-refractivity contribution in [1.82, 2.24) is 0 Å². The van der Waals surface area contributed by atoms with Crippen molar-refractivity contribution in [3.8, 4) is 33.8 Å². The van der Waals surface area contributed by atoms with Gasteiger partial charge in [-0.2, -0.15) is 0 Å². The topological polar surface area (TPSA) is 18.5 Å². The van der Waals surface area contributed by atoms with Crippen molar-refractivity contribution >= 4 is 12.2 Å². The molecule has 0 saturated carbocycles. The van der Waals surface area contributed by atoms with Crippen molar-refractivity contribution in [3.63, 3.8) is 0 Å². The number of unbranched alkanes of at least 4 members (excludes halogenated alkanes) is 2. The molecular weight excluding hydrogens is 711 g/mol. The van der Waals surface area contributed by atoms with Crippen LogP contribution in [0.1, 0.15) is 88.3 Å². The molecule has 0 N–H and O–H groups in total. The summed E-state index contributed by atoms with van der Waals surface area (Å²) in [5.74, 6) is 1.83. The van der Waals surface area contributed by atoms with Gasteiger partial charge in [0.15, 0.2) is 0 Å². The molecule has 0 radical (unpaired) electrons. The van der Waals surface area contributed by atoms with E-state index in [4.69, 9.17) is 9.47 Å². The molecule has 2 atom stereocenters. The molecule has 4 aromatic rings. The van der Waals surface area contributed by atoms with E-state index in [0.717, 1.165) is 11.5 Å². The zero-order chi connectivity index (χ0) is 31.7. The van der Waals surface area contributed by atoms with E-state index in [1.165, 1.54) is 86.6 Å². The molecule has 1 fully saturated rings. The molecule has 250 valence electrons. The van der Waals surface area contributed by atoms with E-state index in [9.17, 15) is 0 Å². The Hall–Kier alpha value is -2.58. The summed E-state index contributed by atoms with van der Waals surface area (Å²) in [6.07, 6.45) is 14.2. The van der Waals surface area contributed by atoms with Crippen molar-refractivity contribution in [1.29, 1.82) is 0 Å². The predicted octanol–water partition coefficient (Wildman–Crippen LogP) is 6.40. The molecule has 0 aromatic heterocycles. The standard InChI is InChI=1S/2C20H21O.C3H6.2ClH.Zr/c2*1-3-4-6-15-13-17-7-5-8-19(20(17)14-15)16-9-11-18(21-2)12-10-16;1-3-2;;;/h2*5,7-14H,3-4,6H2,1-2H3;1-3H2;2*1H;/q;;;;;+2/p-2. The Kier molecular flexibility index (Phi) is 12.2. The van der Waals surface area contributed by atoms with Crippen LogP contribution >= 0.6 is 0 Å². The molecule has 48 heavy (non-hydrogen) atoms. The van der Waals surface area contributed by atoms with E-state index in [2.05, 4.69) is 111 Å². The van der Waals surface area contributed by atoms with Gasteiger partial charge >= 0.3 is 282 Å². The molecule has 1 heterocycles. The van der Waals surface area contributed by atoms with Crippen molar-refractivity contribution < 1.29 is 54.6 Å². The van der Waals surface area contributed by atoms with Gasteiger partial charge in [-0.25, -0.2) is 0 Å². The number of allylic oxidation sites excluding steroid dienone is 2. The Morgan fingerprint density at radius 3 is 1.33 bits per heavy atom. The largest absolute Gasteiger partial charge is 1.00 e. The minimum absolute atomic E-state index is 0. The van der Waals surface area contributed by atoms with Gasteiger partial charge in [-0.05, 0) is 0 Å². The van der Waals surface area contributed by atoms with Crippen LogP contribution in [-0.4, -0.2) is 14.2 Å². The number of benzene rings is 4. The summed E-state index contributed by atoms with van der Waals surface area (Å²) < 4.78 is 15.3. The molecule has 0 amide bonds. The molecule has 1 saturated heterocycles. The maximum absolute atomic E-state index is 5.50.